The first kappa shape index (κ1) is 16.9. The van der Waals surface area contributed by atoms with Gasteiger partial charge in [0, 0.05) is 17.8 Å². The maximum Gasteiger partial charge on any atom is 0.241 e. The molecule has 0 radical (unpaired) electrons. The van der Waals surface area contributed by atoms with Crippen molar-refractivity contribution in [1.82, 2.24) is 14.8 Å². The summed E-state index contributed by atoms with van der Waals surface area (Å²) in [7, 11) is 0. The Hall–Kier alpha value is -2.51. The zero-order valence-electron chi connectivity index (χ0n) is 13.6. The second-order valence-electron chi connectivity index (χ2n) is 5.68. The Kier molecular flexibility index (Phi) is 4.34. The number of carbonyl (C=O) groups is 1. The molecule has 0 aliphatic carbocycles. The molecule has 8 heteroatoms. The SMILES string of the molecule is Cc1cccc2c1N=C(c1cc(Br)nn1-c1ncccc1Cl)OC2C=O. The van der Waals surface area contributed by atoms with Gasteiger partial charge in [0.2, 0.25) is 5.90 Å². The maximum atomic E-state index is 11.6. The smallest absolute Gasteiger partial charge is 0.241 e. The molecule has 0 saturated carbocycles. The van der Waals surface area contributed by atoms with Crippen LogP contribution < -0.4 is 0 Å². The van der Waals surface area contributed by atoms with E-state index in [1.165, 1.54) is 4.68 Å². The molecule has 0 amide bonds. The molecule has 0 N–H and O–H groups in total. The molecular formula is C18H12BrClN4O2. The van der Waals surface area contributed by atoms with Gasteiger partial charge in [-0.25, -0.2) is 14.7 Å². The van der Waals surface area contributed by atoms with Crippen molar-refractivity contribution in [2.45, 2.75) is 13.0 Å². The molecule has 0 fully saturated rings. The third-order valence-corrected chi connectivity index (χ3v) is 4.67. The molecule has 1 aromatic carbocycles. The van der Waals surface area contributed by atoms with E-state index >= 15 is 0 Å². The first-order valence-electron chi connectivity index (χ1n) is 7.75. The lowest BCUT2D eigenvalue weighted by molar-refractivity contribution is -0.114. The number of rotatable bonds is 3. The molecule has 6 nitrogen and oxygen atoms in total. The van der Waals surface area contributed by atoms with Crippen LogP contribution in [0.1, 0.15) is 22.9 Å². The molecular weight excluding hydrogens is 420 g/mol. The Morgan fingerprint density at radius 2 is 2.15 bits per heavy atom. The topological polar surface area (TPSA) is 69.4 Å². The lowest BCUT2D eigenvalue weighted by atomic mass is 10.0. The average Bonchev–Trinajstić information content (AvgIpc) is 3.03. The van der Waals surface area contributed by atoms with Gasteiger partial charge in [0.25, 0.3) is 0 Å². The Morgan fingerprint density at radius 1 is 1.31 bits per heavy atom. The van der Waals surface area contributed by atoms with E-state index < -0.39 is 6.10 Å². The van der Waals surface area contributed by atoms with E-state index in [1.54, 1.807) is 24.4 Å². The molecule has 2 aromatic heterocycles. The lowest BCUT2D eigenvalue weighted by Crippen LogP contribution is -2.21. The van der Waals surface area contributed by atoms with Gasteiger partial charge in [-0.15, -0.1) is 0 Å². The van der Waals surface area contributed by atoms with Crippen LogP contribution in [-0.4, -0.2) is 26.9 Å². The van der Waals surface area contributed by atoms with Gasteiger partial charge in [-0.2, -0.15) is 5.10 Å². The number of pyridine rings is 1. The monoisotopic (exact) mass is 430 g/mol. The zero-order chi connectivity index (χ0) is 18.3. The van der Waals surface area contributed by atoms with Crippen molar-refractivity contribution in [2.24, 2.45) is 4.99 Å². The van der Waals surface area contributed by atoms with Gasteiger partial charge in [0.1, 0.15) is 10.3 Å². The van der Waals surface area contributed by atoms with Crippen LogP contribution in [-0.2, 0) is 9.53 Å². The second-order valence-corrected chi connectivity index (χ2v) is 6.90. The van der Waals surface area contributed by atoms with Gasteiger partial charge < -0.3 is 4.74 Å². The summed E-state index contributed by atoms with van der Waals surface area (Å²) in [6, 6.07) is 10.9. The third kappa shape index (κ3) is 2.83. The van der Waals surface area contributed by atoms with Gasteiger partial charge in [0.15, 0.2) is 18.2 Å². The van der Waals surface area contributed by atoms with Crippen molar-refractivity contribution >= 4 is 45.4 Å². The predicted octanol–water partition coefficient (Wildman–Crippen LogP) is 4.34. The molecule has 130 valence electrons. The number of halogens is 2. The van der Waals surface area contributed by atoms with Gasteiger partial charge in [0.05, 0.1) is 10.7 Å². The molecule has 3 aromatic rings. The Bertz CT molecular complexity index is 1050. The first-order valence-corrected chi connectivity index (χ1v) is 8.92. The summed E-state index contributed by atoms with van der Waals surface area (Å²) in [6.45, 7) is 1.94. The highest BCUT2D eigenvalue weighted by Gasteiger charge is 2.28. The van der Waals surface area contributed by atoms with E-state index in [1.807, 2.05) is 25.1 Å². The summed E-state index contributed by atoms with van der Waals surface area (Å²) < 4.78 is 7.95. The predicted molar refractivity (Wildman–Crippen MR) is 101 cm³/mol. The highest BCUT2D eigenvalue weighted by Crippen LogP contribution is 2.36. The van der Waals surface area contributed by atoms with Crippen molar-refractivity contribution in [3.05, 3.63) is 69.0 Å². The number of aldehydes is 1. The number of nitrogens with zero attached hydrogens (tertiary/aromatic N) is 4. The number of ether oxygens (including phenoxy) is 1. The summed E-state index contributed by atoms with van der Waals surface area (Å²) in [5.74, 6) is 0.725. The van der Waals surface area contributed by atoms with Crippen LogP contribution in [0, 0.1) is 6.92 Å². The fraction of sp³-hybridized carbons (Fsp3) is 0.111. The van der Waals surface area contributed by atoms with E-state index in [0.29, 0.717) is 21.1 Å². The van der Waals surface area contributed by atoms with Crippen molar-refractivity contribution in [2.75, 3.05) is 0 Å². The van der Waals surface area contributed by atoms with E-state index in [-0.39, 0.29) is 5.90 Å². The van der Waals surface area contributed by atoms with Gasteiger partial charge in [-0.05, 0) is 40.5 Å². The Balaban J connectivity index is 1.91. The summed E-state index contributed by atoms with van der Waals surface area (Å²) in [5.41, 5.74) is 2.96. The zero-order valence-corrected chi connectivity index (χ0v) is 15.9. The minimum absolute atomic E-state index is 0.281. The fourth-order valence-electron chi connectivity index (χ4n) is 2.79. The lowest BCUT2D eigenvalue weighted by Gasteiger charge is -2.23. The van der Waals surface area contributed by atoms with Crippen molar-refractivity contribution < 1.29 is 9.53 Å². The van der Waals surface area contributed by atoms with Gasteiger partial charge in [-0.1, -0.05) is 29.8 Å². The fourth-order valence-corrected chi connectivity index (χ4v) is 3.37. The van der Waals surface area contributed by atoms with E-state index in [2.05, 4.69) is 31.0 Å². The van der Waals surface area contributed by atoms with Crippen molar-refractivity contribution in [3.63, 3.8) is 0 Å². The third-order valence-electron chi connectivity index (χ3n) is 3.99. The highest BCUT2D eigenvalue weighted by atomic mass is 79.9. The van der Waals surface area contributed by atoms with Crippen molar-refractivity contribution in [3.8, 4) is 5.82 Å². The number of carbonyl (C=O) groups excluding carboxylic acids is 1. The number of fused-ring (bicyclic) bond motifs is 1. The minimum Gasteiger partial charge on any atom is -0.460 e. The summed E-state index contributed by atoms with van der Waals surface area (Å²) in [6.07, 6.45) is 1.65. The van der Waals surface area contributed by atoms with Crippen LogP contribution in [0.3, 0.4) is 0 Å². The molecule has 0 saturated heterocycles. The van der Waals surface area contributed by atoms with Crippen LogP contribution >= 0.6 is 27.5 Å². The Labute approximate surface area is 162 Å². The van der Waals surface area contributed by atoms with Crippen LogP contribution in [0.4, 0.5) is 5.69 Å². The standard InChI is InChI=1S/C18H12BrClN4O2/c1-10-4-2-5-11-14(9-25)26-18(22-16(10)11)13-8-15(19)23-24(13)17-12(20)6-3-7-21-17/h2-9,14H,1H3. The first-order chi connectivity index (χ1) is 12.6. The molecule has 3 heterocycles. The summed E-state index contributed by atoms with van der Waals surface area (Å²) in [5, 5.41) is 4.82. The molecule has 1 unspecified atom stereocenters. The van der Waals surface area contributed by atoms with Crippen LogP contribution in [0.2, 0.25) is 5.02 Å². The second kappa shape index (κ2) is 6.66. The molecule has 1 atom stereocenters. The number of benzene rings is 1. The normalized spacial score (nSPS) is 15.8. The van der Waals surface area contributed by atoms with Crippen LogP contribution in [0.5, 0.6) is 0 Å². The number of aryl methyl sites for hydroxylation is 1. The average molecular weight is 432 g/mol. The van der Waals surface area contributed by atoms with Crippen LogP contribution in [0.15, 0.2) is 52.2 Å². The number of hydrogen-bond acceptors (Lipinski definition) is 5. The number of aromatic nitrogens is 3. The molecule has 1 aliphatic heterocycles. The molecule has 0 spiro atoms. The summed E-state index contributed by atoms with van der Waals surface area (Å²) in [4.78, 5) is 20.5. The van der Waals surface area contributed by atoms with E-state index in [9.17, 15) is 4.79 Å². The highest BCUT2D eigenvalue weighted by molar-refractivity contribution is 9.10. The number of para-hydroxylation sites is 1. The largest absolute Gasteiger partial charge is 0.460 e. The van der Waals surface area contributed by atoms with E-state index in [0.717, 1.165) is 23.1 Å². The Morgan fingerprint density at radius 3 is 2.92 bits per heavy atom. The molecule has 26 heavy (non-hydrogen) atoms. The van der Waals surface area contributed by atoms with Gasteiger partial charge in [-0.3, -0.25) is 4.79 Å². The molecule has 4 rings (SSSR count). The summed E-state index contributed by atoms with van der Waals surface area (Å²) >= 11 is 9.63. The number of aliphatic imine (C=N–C) groups is 1. The molecule has 0 bridgehead atoms. The maximum absolute atomic E-state index is 11.6. The van der Waals surface area contributed by atoms with Gasteiger partial charge >= 0.3 is 0 Å². The quantitative estimate of drug-likeness (QED) is 0.579. The number of hydrogen-bond donors (Lipinski definition) is 0. The van der Waals surface area contributed by atoms with Crippen LogP contribution in [0.25, 0.3) is 5.82 Å². The van der Waals surface area contributed by atoms with Crippen molar-refractivity contribution in [1.29, 1.82) is 0 Å². The molecule has 1 aliphatic rings. The van der Waals surface area contributed by atoms with E-state index in [4.69, 9.17) is 16.3 Å². The minimum atomic E-state index is -0.737.